The fourth-order valence-corrected chi connectivity index (χ4v) is 2.90. The molecule has 2 heteroatoms. The third-order valence-corrected chi connectivity index (χ3v) is 3.97. The van der Waals surface area contributed by atoms with Crippen LogP contribution in [-0.2, 0) is 6.54 Å². The van der Waals surface area contributed by atoms with Crippen LogP contribution in [-0.4, -0.2) is 29.2 Å². The predicted molar refractivity (Wildman–Crippen MR) is 63.9 cm³/mol. The van der Waals surface area contributed by atoms with Crippen LogP contribution in [0.3, 0.4) is 0 Å². The highest BCUT2D eigenvalue weighted by Gasteiger charge is 2.43. The zero-order valence-electron chi connectivity index (χ0n) is 9.55. The van der Waals surface area contributed by atoms with Crippen molar-refractivity contribution in [2.45, 2.75) is 25.5 Å². The number of benzene rings is 1. The molecule has 1 aromatic rings. The molecule has 1 saturated heterocycles. The maximum absolute atomic E-state index is 9.44. The van der Waals surface area contributed by atoms with Crippen molar-refractivity contribution in [2.75, 3.05) is 13.1 Å². The Bertz CT molecular complexity index is 351. The van der Waals surface area contributed by atoms with Gasteiger partial charge in [-0.25, -0.2) is 0 Å². The number of hydrogen-bond acceptors (Lipinski definition) is 2. The summed E-state index contributed by atoms with van der Waals surface area (Å²) in [7, 11) is 0. The number of nitrogens with zero attached hydrogens (tertiary/aromatic N) is 1. The number of hydrogen-bond donors (Lipinski definition) is 1. The first kappa shape index (κ1) is 10.3. The molecule has 3 rings (SSSR count). The van der Waals surface area contributed by atoms with Crippen LogP contribution < -0.4 is 0 Å². The minimum Gasteiger partial charge on any atom is -0.393 e. The standard InChI is InChI=1S/C14H19NO/c16-14-8-13(14)12-6-7-15(10-12)9-11-4-2-1-3-5-11/h1-5,12-14,16H,6-10H2. The monoisotopic (exact) mass is 217 g/mol. The summed E-state index contributed by atoms with van der Waals surface area (Å²) in [6, 6.07) is 10.7. The van der Waals surface area contributed by atoms with Crippen molar-refractivity contribution in [2.24, 2.45) is 11.8 Å². The SMILES string of the molecule is OC1CC1C1CCN(Cc2ccccc2)C1. The second-order valence-corrected chi connectivity index (χ2v) is 5.24. The molecule has 16 heavy (non-hydrogen) atoms. The lowest BCUT2D eigenvalue weighted by molar-refractivity contribution is 0.233. The lowest BCUT2D eigenvalue weighted by atomic mass is 10.0. The maximum Gasteiger partial charge on any atom is 0.0576 e. The minimum atomic E-state index is 0.0154. The summed E-state index contributed by atoms with van der Waals surface area (Å²) in [4.78, 5) is 2.52. The van der Waals surface area contributed by atoms with Gasteiger partial charge >= 0.3 is 0 Å². The molecule has 1 heterocycles. The molecule has 0 aromatic heterocycles. The van der Waals surface area contributed by atoms with Crippen LogP contribution in [0.1, 0.15) is 18.4 Å². The summed E-state index contributed by atoms with van der Waals surface area (Å²) < 4.78 is 0. The average Bonchev–Trinajstić information content (AvgIpc) is 2.86. The molecule has 0 spiro atoms. The molecule has 2 fully saturated rings. The van der Waals surface area contributed by atoms with E-state index in [0.717, 1.165) is 18.9 Å². The van der Waals surface area contributed by atoms with Crippen LogP contribution in [0.4, 0.5) is 0 Å². The molecule has 0 radical (unpaired) electrons. The normalized spacial score (nSPS) is 34.2. The van der Waals surface area contributed by atoms with E-state index in [9.17, 15) is 5.11 Å². The Morgan fingerprint density at radius 2 is 2.00 bits per heavy atom. The Morgan fingerprint density at radius 1 is 1.25 bits per heavy atom. The van der Waals surface area contributed by atoms with Gasteiger partial charge in [0.15, 0.2) is 0 Å². The van der Waals surface area contributed by atoms with E-state index < -0.39 is 0 Å². The zero-order valence-corrected chi connectivity index (χ0v) is 9.55. The van der Waals surface area contributed by atoms with Crippen molar-refractivity contribution in [3.8, 4) is 0 Å². The van der Waals surface area contributed by atoms with Gasteiger partial charge in [0, 0.05) is 13.1 Å². The average molecular weight is 217 g/mol. The molecule has 86 valence electrons. The minimum absolute atomic E-state index is 0.0154. The smallest absolute Gasteiger partial charge is 0.0576 e. The topological polar surface area (TPSA) is 23.5 Å². The van der Waals surface area contributed by atoms with E-state index in [-0.39, 0.29) is 6.10 Å². The summed E-state index contributed by atoms with van der Waals surface area (Å²) in [6.45, 7) is 3.44. The number of rotatable bonds is 3. The van der Waals surface area contributed by atoms with E-state index in [4.69, 9.17) is 0 Å². The summed E-state index contributed by atoms with van der Waals surface area (Å²) in [5.41, 5.74) is 1.40. The number of aliphatic hydroxyl groups excluding tert-OH is 1. The molecular formula is C14H19NO. The van der Waals surface area contributed by atoms with Gasteiger partial charge in [-0.05, 0) is 36.8 Å². The van der Waals surface area contributed by atoms with E-state index in [0.29, 0.717) is 5.92 Å². The molecule has 1 N–H and O–H groups in total. The van der Waals surface area contributed by atoms with Gasteiger partial charge in [0.25, 0.3) is 0 Å². The second-order valence-electron chi connectivity index (χ2n) is 5.24. The van der Waals surface area contributed by atoms with Crippen molar-refractivity contribution >= 4 is 0 Å². The molecule has 2 aliphatic rings. The van der Waals surface area contributed by atoms with Gasteiger partial charge in [0.05, 0.1) is 6.10 Å². The van der Waals surface area contributed by atoms with Crippen LogP contribution in [0.15, 0.2) is 30.3 Å². The van der Waals surface area contributed by atoms with Gasteiger partial charge in [0.2, 0.25) is 0 Å². The molecule has 1 aliphatic carbocycles. The number of aliphatic hydroxyl groups is 1. The molecule has 1 aromatic carbocycles. The van der Waals surface area contributed by atoms with E-state index in [1.165, 1.54) is 25.1 Å². The third kappa shape index (κ3) is 2.13. The Morgan fingerprint density at radius 3 is 2.69 bits per heavy atom. The first-order valence-electron chi connectivity index (χ1n) is 6.27. The fourth-order valence-electron chi connectivity index (χ4n) is 2.90. The van der Waals surface area contributed by atoms with Crippen molar-refractivity contribution in [1.82, 2.24) is 4.90 Å². The molecule has 1 aliphatic heterocycles. The van der Waals surface area contributed by atoms with Crippen LogP contribution >= 0.6 is 0 Å². The van der Waals surface area contributed by atoms with Gasteiger partial charge in [0.1, 0.15) is 0 Å². The Labute approximate surface area is 96.9 Å². The molecule has 2 nitrogen and oxygen atoms in total. The maximum atomic E-state index is 9.44. The van der Waals surface area contributed by atoms with Crippen molar-refractivity contribution in [3.05, 3.63) is 35.9 Å². The highest BCUT2D eigenvalue weighted by Crippen LogP contribution is 2.41. The highest BCUT2D eigenvalue weighted by atomic mass is 16.3. The summed E-state index contributed by atoms with van der Waals surface area (Å²) in [5, 5.41) is 9.44. The molecular weight excluding hydrogens is 198 g/mol. The molecule has 3 unspecified atom stereocenters. The predicted octanol–water partition coefficient (Wildman–Crippen LogP) is 1.89. The molecule has 0 amide bonds. The van der Waals surface area contributed by atoms with Gasteiger partial charge in [-0.15, -0.1) is 0 Å². The van der Waals surface area contributed by atoms with Crippen molar-refractivity contribution < 1.29 is 5.11 Å². The van der Waals surface area contributed by atoms with Crippen LogP contribution in [0, 0.1) is 11.8 Å². The summed E-state index contributed by atoms with van der Waals surface area (Å²) in [6.07, 6.45) is 2.33. The quantitative estimate of drug-likeness (QED) is 0.835. The Hall–Kier alpha value is -0.860. The van der Waals surface area contributed by atoms with Crippen LogP contribution in [0.25, 0.3) is 0 Å². The summed E-state index contributed by atoms with van der Waals surface area (Å²) in [5.74, 6) is 1.36. The zero-order chi connectivity index (χ0) is 11.0. The first-order chi connectivity index (χ1) is 7.83. The van der Waals surface area contributed by atoms with E-state index in [2.05, 4.69) is 35.2 Å². The van der Waals surface area contributed by atoms with Crippen molar-refractivity contribution in [1.29, 1.82) is 0 Å². The lowest BCUT2D eigenvalue weighted by Gasteiger charge is -2.15. The van der Waals surface area contributed by atoms with E-state index in [1.807, 2.05) is 0 Å². The molecule has 1 saturated carbocycles. The molecule has 0 bridgehead atoms. The largest absolute Gasteiger partial charge is 0.393 e. The summed E-state index contributed by atoms with van der Waals surface area (Å²) >= 11 is 0. The van der Waals surface area contributed by atoms with E-state index >= 15 is 0 Å². The third-order valence-electron chi connectivity index (χ3n) is 3.97. The van der Waals surface area contributed by atoms with Gasteiger partial charge in [-0.3, -0.25) is 4.90 Å². The highest BCUT2D eigenvalue weighted by molar-refractivity contribution is 5.14. The van der Waals surface area contributed by atoms with Gasteiger partial charge in [-0.1, -0.05) is 30.3 Å². The molecule has 3 atom stereocenters. The Balaban J connectivity index is 1.54. The van der Waals surface area contributed by atoms with Gasteiger partial charge in [-0.2, -0.15) is 0 Å². The number of likely N-dealkylation sites (tertiary alicyclic amines) is 1. The van der Waals surface area contributed by atoms with E-state index in [1.54, 1.807) is 0 Å². The Kier molecular flexibility index (Phi) is 2.70. The van der Waals surface area contributed by atoms with Crippen LogP contribution in [0.2, 0.25) is 0 Å². The first-order valence-corrected chi connectivity index (χ1v) is 6.27. The van der Waals surface area contributed by atoms with Crippen LogP contribution in [0.5, 0.6) is 0 Å². The second kappa shape index (κ2) is 4.19. The van der Waals surface area contributed by atoms with Crippen molar-refractivity contribution in [3.63, 3.8) is 0 Å². The fraction of sp³-hybridized carbons (Fsp3) is 0.571. The van der Waals surface area contributed by atoms with Gasteiger partial charge < -0.3 is 5.11 Å². The lowest BCUT2D eigenvalue weighted by Crippen LogP contribution is -2.20.